The molecule has 0 spiro atoms. The van der Waals surface area contributed by atoms with Crippen LogP contribution in [0, 0.1) is 14.0 Å². The number of rotatable bonds is 4. The van der Waals surface area contributed by atoms with Crippen molar-refractivity contribution in [3.05, 3.63) is 78.5 Å². The van der Waals surface area contributed by atoms with E-state index in [2.05, 4.69) is 60.2 Å². The molecule has 0 amide bonds. The molecule has 0 aliphatic carbocycles. The van der Waals surface area contributed by atoms with E-state index in [0.717, 1.165) is 39.0 Å². The van der Waals surface area contributed by atoms with E-state index in [-0.39, 0.29) is 32.7 Å². The third-order valence-corrected chi connectivity index (χ3v) is 4.22. The van der Waals surface area contributed by atoms with E-state index < -0.39 is 0 Å². The van der Waals surface area contributed by atoms with Crippen molar-refractivity contribution >= 4 is 5.69 Å². The Morgan fingerprint density at radius 2 is 1.64 bits per heavy atom. The first-order valence-electron chi connectivity index (χ1n) is 8.74. The van der Waals surface area contributed by atoms with Crippen molar-refractivity contribution in [2.24, 2.45) is 0 Å². The topological polar surface area (TPSA) is 30.3 Å². The number of anilines is 1. The molecule has 3 nitrogen and oxygen atoms in total. The minimum atomic E-state index is 0. The van der Waals surface area contributed by atoms with Gasteiger partial charge in [-0.15, -0.1) is 0 Å². The molecule has 1 aliphatic rings. The zero-order chi connectivity index (χ0) is 17.2. The van der Waals surface area contributed by atoms with Crippen LogP contribution in [-0.4, -0.2) is 37.6 Å². The molecular weight excluding hydrogens is 383 g/mol. The summed E-state index contributed by atoms with van der Waals surface area (Å²) >= 11 is 0. The summed E-state index contributed by atoms with van der Waals surface area (Å²) in [5, 5.41) is 0. The Morgan fingerprint density at radius 1 is 0.960 bits per heavy atom. The smallest absolute Gasteiger partial charge is 0.0369 e. The summed E-state index contributed by atoms with van der Waals surface area (Å²) in [5.41, 5.74) is 11.0. The van der Waals surface area contributed by atoms with Crippen LogP contribution in [-0.2, 0) is 39.1 Å². The maximum atomic E-state index is 6.95. The number of piperazine rings is 1. The van der Waals surface area contributed by atoms with Gasteiger partial charge in [-0.2, -0.15) is 6.54 Å². The Balaban J connectivity index is 0.000000254. The molecule has 133 valence electrons. The molecule has 25 heavy (non-hydrogen) atoms. The van der Waals surface area contributed by atoms with E-state index >= 15 is 0 Å². The second-order valence-corrected chi connectivity index (χ2v) is 6.28. The van der Waals surface area contributed by atoms with Gasteiger partial charge in [0.15, 0.2) is 0 Å². The maximum Gasteiger partial charge on any atom is 0.0369 e. The number of nitrogens with zero attached hydrogens (tertiary/aromatic N) is 2. The Labute approximate surface area is 178 Å². The molecule has 1 aliphatic heterocycles. The summed E-state index contributed by atoms with van der Waals surface area (Å²) < 4.78 is 0. The van der Waals surface area contributed by atoms with Crippen LogP contribution in [0.4, 0.5) is 5.69 Å². The van der Waals surface area contributed by atoms with Gasteiger partial charge >= 0.3 is 0 Å². The Bertz CT molecular complexity index is 581. The predicted molar refractivity (Wildman–Crippen MR) is 104 cm³/mol. The Morgan fingerprint density at radius 3 is 2.24 bits per heavy atom. The molecule has 0 saturated carbocycles. The molecule has 1 N–H and O–H groups in total. The fraction of sp³-hybridized carbons (Fsp3) is 0.381. The Hall–Kier alpha value is -0.736. The number of hydrogen-bond donors (Lipinski definition) is 0. The largest absolute Gasteiger partial charge is 0.677 e. The van der Waals surface area contributed by atoms with Crippen LogP contribution in [0.25, 0.3) is 5.73 Å². The summed E-state index contributed by atoms with van der Waals surface area (Å²) in [4.78, 5) is 4.56. The second-order valence-electron chi connectivity index (χ2n) is 6.28. The van der Waals surface area contributed by atoms with Crippen LogP contribution in [0.3, 0.4) is 0 Å². The molecule has 0 aromatic heterocycles. The molecule has 1 saturated heterocycles. The molecule has 0 atom stereocenters. The average molecular weight is 412 g/mol. The molecule has 1 heterocycles. The maximum absolute atomic E-state index is 6.95. The van der Waals surface area contributed by atoms with Gasteiger partial charge in [0, 0.05) is 51.5 Å². The fourth-order valence-electron chi connectivity index (χ4n) is 2.77. The summed E-state index contributed by atoms with van der Waals surface area (Å²) in [6.07, 6.45) is 2.02. The van der Waals surface area contributed by atoms with Crippen LogP contribution in [0.5, 0.6) is 0 Å². The van der Waals surface area contributed by atoms with Crippen molar-refractivity contribution in [2.45, 2.75) is 19.8 Å². The van der Waals surface area contributed by atoms with Crippen molar-refractivity contribution in [2.75, 3.05) is 37.6 Å². The zero-order valence-corrected chi connectivity index (χ0v) is 18.2. The predicted octanol–water partition coefficient (Wildman–Crippen LogP) is 4.58. The summed E-state index contributed by atoms with van der Waals surface area (Å²) in [7, 11) is 3.95. The van der Waals surface area contributed by atoms with Crippen LogP contribution < -0.4 is 4.90 Å². The molecule has 4 heteroatoms. The third-order valence-electron chi connectivity index (χ3n) is 4.22. The van der Waals surface area contributed by atoms with Gasteiger partial charge in [-0.05, 0) is 49.7 Å². The van der Waals surface area contributed by atoms with E-state index in [9.17, 15) is 0 Å². The first-order valence-corrected chi connectivity index (χ1v) is 8.74. The summed E-state index contributed by atoms with van der Waals surface area (Å²) in [5.74, 6) is 0. The minimum Gasteiger partial charge on any atom is -0.677 e. The molecule has 0 unspecified atom stereocenters. The van der Waals surface area contributed by atoms with Crippen LogP contribution in [0.1, 0.15) is 17.5 Å². The van der Waals surface area contributed by atoms with Gasteiger partial charge in [-0.3, -0.25) is 7.05 Å². The number of nitrogens with one attached hydrogen (secondary N) is 1. The standard InChI is InChI=1S/C12H17N2.C9H12N.Y/c1-11-4-3-5-12(10-11)14-8-6-13(2)7-9-14;10-8-4-7-9-5-2-1-3-6-9;/h3-5,10H,2,6-9H2,1H3;1-3,5-6,10H,4,7-8H2;/q2*-1;. The van der Waals surface area contributed by atoms with Gasteiger partial charge in [-0.1, -0.05) is 48.9 Å². The molecular formula is C21H29N3Y-2. The van der Waals surface area contributed by atoms with Crippen LogP contribution in [0.2, 0.25) is 0 Å². The van der Waals surface area contributed by atoms with Crippen LogP contribution in [0.15, 0.2) is 54.6 Å². The van der Waals surface area contributed by atoms with Crippen molar-refractivity contribution in [1.82, 2.24) is 4.90 Å². The van der Waals surface area contributed by atoms with Gasteiger partial charge in [0.2, 0.25) is 0 Å². The van der Waals surface area contributed by atoms with Crippen molar-refractivity contribution < 1.29 is 32.7 Å². The van der Waals surface area contributed by atoms with Gasteiger partial charge in [0.25, 0.3) is 0 Å². The Kier molecular flexibility index (Phi) is 11.2. The first-order chi connectivity index (χ1) is 11.7. The van der Waals surface area contributed by atoms with E-state index in [1.807, 2.05) is 18.2 Å². The molecule has 1 radical (unpaired) electrons. The quantitative estimate of drug-likeness (QED) is 0.689. The monoisotopic (exact) mass is 412 g/mol. The number of benzene rings is 2. The summed E-state index contributed by atoms with van der Waals surface area (Å²) in [6, 6.07) is 19.0. The number of aryl methyl sites for hydroxylation is 2. The molecule has 2 aromatic rings. The molecule has 3 rings (SSSR count). The van der Waals surface area contributed by atoms with Crippen molar-refractivity contribution in [1.29, 1.82) is 0 Å². The zero-order valence-electron chi connectivity index (χ0n) is 15.3. The van der Waals surface area contributed by atoms with Gasteiger partial charge in [-0.25, -0.2) is 0 Å². The summed E-state index contributed by atoms with van der Waals surface area (Å²) in [6.45, 7) is 6.98. The van der Waals surface area contributed by atoms with Gasteiger partial charge in [0.1, 0.15) is 0 Å². The SMILES string of the molecule is [CH2-]N1CCN(c2cccc(C)c2)CC1.[NH-]CCCc1ccccc1.[Y]. The van der Waals surface area contributed by atoms with Crippen molar-refractivity contribution in [3.8, 4) is 0 Å². The fourth-order valence-corrected chi connectivity index (χ4v) is 2.77. The van der Waals surface area contributed by atoms with Crippen LogP contribution >= 0.6 is 0 Å². The third kappa shape index (κ3) is 8.46. The van der Waals surface area contributed by atoms with Crippen molar-refractivity contribution in [3.63, 3.8) is 0 Å². The normalized spacial score (nSPS) is 14.3. The van der Waals surface area contributed by atoms with Gasteiger partial charge in [0.05, 0.1) is 0 Å². The van der Waals surface area contributed by atoms with E-state index in [1.54, 1.807) is 0 Å². The minimum absolute atomic E-state index is 0. The van der Waals surface area contributed by atoms with E-state index in [0.29, 0.717) is 6.54 Å². The average Bonchev–Trinajstić information content (AvgIpc) is 2.62. The molecule has 1 fully saturated rings. The molecule has 2 aromatic carbocycles. The van der Waals surface area contributed by atoms with E-state index in [4.69, 9.17) is 5.73 Å². The number of hydrogen-bond acceptors (Lipinski definition) is 2. The molecule has 0 bridgehead atoms. The second kappa shape index (κ2) is 12.6. The first kappa shape index (κ1) is 22.3. The van der Waals surface area contributed by atoms with Gasteiger partial charge < -0.3 is 15.5 Å². The van der Waals surface area contributed by atoms with E-state index in [1.165, 1.54) is 16.8 Å².